The molecule has 10 heteroatoms. The van der Waals surface area contributed by atoms with E-state index in [9.17, 15) is 19.2 Å². The average molecular weight is 429 g/mol. The van der Waals surface area contributed by atoms with Gasteiger partial charge in [0.1, 0.15) is 0 Å². The van der Waals surface area contributed by atoms with Gasteiger partial charge in [-0.05, 0) is 12.1 Å². The Morgan fingerprint density at radius 3 is 2.84 bits per heavy atom. The number of aromatic amines is 1. The molecule has 25 heavy (non-hydrogen) atoms. The van der Waals surface area contributed by atoms with Crippen molar-refractivity contribution in [3.05, 3.63) is 37.3 Å². The second-order valence-corrected chi connectivity index (χ2v) is 7.31. The van der Waals surface area contributed by atoms with Crippen molar-refractivity contribution < 1.29 is 19.1 Å². The number of rotatable bonds is 4. The summed E-state index contributed by atoms with van der Waals surface area (Å²) >= 11 is 4.85. The summed E-state index contributed by atoms with van der Waals surface area (Å²) in [6.07, 6.45) is -0.127. The molecule has 8 nitrogen and oxygen atoms in total. The standard InChI is InChI=1S/C15H13BrN2O6S/c1-23-12(20)5-24-11(19)4-8-6-25-10-3-7(16)2-9-13(10)18(8)15(22)14(21)17-9/h2-3,8H,4-6H2,1H3,(H,17,21). The molecule has 0 radical (unpaired) electrons. The van der Waals surface area contributed by atoms with Gasteiger partial charge < -0.3 is 14.5 Å². The Labute approximate surface area is 153 Å². The number of H-pyrrole nitrogens is 1. The van der Waals surface area contributed by atoms with Crippen LogP contribution < -0.4 is 11.1 Å². The van der Waals surface area contributed by atoms with Crippen LogP contribution in [0.2, 0.25) is 0 Å². The summed E-state index contributed by atoms with van der Waals surface area (Å²) in [5.41, 5.74) is -0.387. The minimum absolute atomic E-state index is 0.127. The van der Waals surface area contributed by atoms with Crippen LogP contribution in [0, 0.1) is 0 Å². The van der Waals surface area contributed by atoms with Crippen LogP contribution in [0.4, 0.5) is 0 Å². The molecule has 1 aliphatic heterocycles. The van der Waals surface area contributed by atoms with Crippen molar-refractivity contribution in [2.75, 3.05) is 19.5 Å². The van der Waals surface area contributed by atoms with Crippen molar-refractivity contribution in [1.82, 2.24) is 9.55 Å². The Balaban J connectivity index is 1.97. The van der Waals surface area contributed by atoms with E-state index in [2.05, 4.69) is 25.7 Å². The van der Waals surface area contributed by atoms with E-state index in [-0.39, 0.29) is 6.42 Å². The first-order valence-electron chi connectivity index (χ1n) is 7.24. The molecule has 1 unspecified atom stereocenters. The van der Waals surface area contributed by atoms with Gasteiger partial charge in [-0.15, -0.1) is 11.8 Å². The van der Waals surface area contributed by atoms with Crippen LogP contribution in [-0.2, 0) is 19.1 Å². The van der Waals surface area contributed by atoms with Crippen LogP contribution in [0.5, 0.6) is 0 Å². The Morgan fingerprint density at radius 1 is 1.36 bits per heavy atom. The fourth-order valence-electron chi connectivity index (χ4n) is 2.62. The first-order chi connectivity index (χ1) is 11.9. The Kier molecular flexibility index (Phi) is 5.00. The van der Waals surface area contributed by atoms with Crippen LogP contribution in [0.15, 0.2) is 31.1 Å². The lowest BCUT2D eigenvalue weighted by atomic mass is 10.2. The molecule has 0 saturated carbocycles. The third kappa shape index (κ3) is 3.49. The van der Waals surface area contributed by atoms with Crippen molar-refractivity contribution in [2.45, 2.75) is 17.4 Å². The number of esters is 2. The van der Waals surface area contributed by atoms with Crippen LogP contribution >= 0.6 is 27.7 Å². The maximum absolute atomic E-state index is 12.4. The predicted molar refractivity (Wildman–Crippen MR) is 93.9 cm³/mol. The van der Waals surface area contributed by atoms with Gasteiger partial charge >= 0.3 is 23.1 Å². The van der Waals surface area contributed by atoms with Gasteiger partial charge in [-0.1, -0.05) is 15.9 Å². The Morgan fingerprint density at radius 2 is 2.12 bits per heavy atom. The number of nitrogens with one attached hydrogen (secondary N) is 1. The van der Waals surface area contributed by atoms with Crippen molar-refractivity contribution >= 4 is 50.7 Å². The van der Waals surface area contributed by atoms with Gasteiger partial charge in [-0.2, -0.15) is 0 Å². The minimum Gasteiger partial charge on any atom is -0.466 e. The molecule has 1 aromatic carbocycles. The molecular weight excluding hydrogens is 416 g/mol. The molecule has 132 valence electrons. The summed E-state index contributed by atoms with van der Waals surface area (Å²) in [6, 6.07) is 3.02. The summed E-state index contributed by atoms with van der Waals surface area (Å²) < 4.78 is 11.4. The minimum atomic E-state index is -0.753. The van der Waals surface area contributed by atoms with Crippen LogP contribution in [0.1, 0.15) is 12.5 Å². The van der Waals surface area contributed by atoms with E-state index < -0.39 is 35.7 Å². The Hall–Kier alpha value is -2.07. The Bertz CT molecular complexity index is 982. The lowest BCUT2D eigenvalue weighted by Crippen LogP contribution is -2.41. The zero-order chi connectivity index (χ0) is 18.1. The molecule has 0 spiro atoms. The van der Waals surface area contributed by atoms with Crippen molar-refractivity contribution in [1.29, 1.82) is 0 Å². The molecule has 0 aliphatic carbocycles. The van der Waals surface area contributed by atoms with Gasteiger partial charge in [0, 0.05) is 15.1 Å². The van der Waals surface area contributed by atoms with Gasteiger partial charge in [-0.3, -0.25) is 19.0 Å². The van der Waals surface area contributed by atoms with E-state index in [1.54, 1.807) is 6.07 Å². The van der Waals surface area contributed by atoms with Crippen LogP contribution in [-0.4, -0.2) is 41.0 Å². The van der Waals surface area contributed by atoms with Gasteiger partial charge in [0.25, 0.3) is 0 Å². The molecule has 0 bridgehead atoms. The maximum atomic E-state index is 12.4. The molecule has 0 saturated heterocycles. The number of thioether (sulfide) groups is 1. The second kappa shape index (κ2) is 7.04. The molecule has 1 atom stereocenters. The molecule has 1 aromatic heterocycles. The first kappa shape index (κ1) is 17.7. The summed E-state index contributed by atoms with van der Waals surface area (Å²) in [5, 5.41) is 0. The van der Waals surface area contributed by atoms with E-state index in [4.69, 9.17) is 4.74 Å². The van der Waals surface area contributed by atoms with E-state index in [0.717, 1.165) is 9.37 Å². The topological polar surface area (TPSA) is 107 Å². The average Bonchev–Trinajstić information content (AvgIpc) is 2.58. The molecule has 3 rings (SSSR count). The van der Waals surface area contributed by atoms with Crippen molar-refractivity contribution in [2.24, 2.45) is 0 Å². The first-order valence-corrected chi connectivity index (χ1v) is 9.02. The molecule has 2 aromatic rings. The molecular formula is C15H13BrN2O6S. The van der Waals surface area contributed by atoms with Gasteiger partial charge in [0.05, 0.1) is 30.6 Å². The number of hydrogen-bond acceptors (Lipinski definition) is 7. The number of nitrogens with zero attached hydrogens (tertiary/aromatic N) is 1. The highest BCUT2D eigenvalue weighted by atomic mass is 79.9. The number of carbonyl (C=O) groups excluding carboxylic acids is 2. The lowest BCUT2D eigenvalue weighted by Gasteiger charge is -2.26. The number of aromatic nitrogens is 2. The maximum Gasteiger partial charge on any atom is 0.344 e. The number of ether oxygens (including phenoxy) is 2. The number of carbonyl (C=O) groups is 2. The molecule has 0 amide bonds. The van der Waals surface area contributed by atoms with E-state index >= 15 is 0 Å². The lowest BCUT2D eigenvalue weighted by molar-refractivity contribution is -0.157. The monoisotopic (exact) mass is 428 g/mol. The van der Waals surface area contributed by atoms with Gasteiger partial charge in [0.15, 0.2) is 6.61 Å². The number of hydrogen-bond donors (Lipinski definition) is 1. The highest BCUT2D eigenvalue weighted by molar-refractivity contribution is 9.10. The molecule has 1 N–H and O–H groups in total. The number of halogens is 1. The quantitative estimate of drug-likeness (QED) is 0.575. The van der Waals surface area contributed by atoms with E-state index in [0.29, 0.717) is 16.8 Å². The van der Waals surface area contributed by atoms with E-state index in [1.807, 2.05) is 6.07 Å². The molecule has 0 fully saturated rings. The van der Waals surface area contributed by atoms with Crippen molar-refractivity contribution in [3.63, 3.8) is 0 Å². The highest BCUT2D eigenvalue weighted by Crippen LogP contribution is 2.37. The number of benzene rings is 1. The largest absolute Gasteiger partial charge is 0.466 e. The fraction of sp³-hybridized carbons (Fsp3) is 0.333. The van der Waals surface area contributed by atoms with Crippen LogP contribution in [0.25, 0.3) is 11.0 Å². The van der Waals surface area contributed by atoms with Crippen molar-refractivity contribution in [3.8, 4) is 0 Å². The smallest absolute Gasteiger partial charge is 0.344 e. The van der Waals surface area contributed by atoms with Crippen LogP contribution in [0.3, 0.4) is 0 Å². The molecule has 2 heterocycles. The second-order valence-electron chi connectivity index (χ2n) is 5.34. The zero-order valence-corrected chi connectivity index (χ0v) is 15.4. The SMILES string of the molecule is COC(=O)COC(=O)CC1CSc2cc(Br)cc3[nH]c(=O)c(=O)n1c23. The predicted octanol–water partition coefficient (Wildman–Crippen LogP) is 1.21. The third-order valence-electron chi connectivity index (χ3n) is 3.72. The number of methoxy groups -OCH3 is 1. The summed E-state index contributed by atoms with van der Waals surface area (Å²) in [5.74, 6) is -0.885. The third-order valence-corrected chi connectivity index (χ3v) is 5.35. The summed E-state index contributed by atoms with van der Waals surface area (Å²) in [4.78, 5) is 50.7. The normalized spacial score (nSPS) is 15.8. The van der Waals surface area contributed by atoms with E-state index in [1.165, 1.54) is 23.4 Å². The highest BCUT2D eigenvalue weighted by Gasteiger charge is 2.27. The fourth-order valence-corrected chi connectivity index (χ4v) is 4.43. The van der Waals surface area contributed by atoms with Gasteiger partial charge in [0.2, 0.25) is 0 Å². The summed E-state index contributed by atoms with van der Waals surface area (Å²) in [6.45, 7) is -0.488. The molecule has 1 aliphatic rings. The van der Waals surface area contributed by atoms with Gasteiger partial charge in [-0.25, -0.2) is 4.79 Å². The summed E-state index contributed by atoms with van der Waals surface area (Å²) in [7, 11) is 1.19. The zero-order valence-electron chi connectivity index (χ0n) is 13.0.